The summed E-state index contributed by atoms with van der Waals surface area (Å²) >= 11 is 1.63. The molecule has 0 atom stereocenters. The zero-order valence-corrected chi connectivity index (χ0v) is 12.5. The number of thiazole rings is 1. The van der Waals surface area contributed by atoms with Crippen molar-refractivity contribution in [2.45, 2.75) is 18.2 Å². The fourth-order valence-electron chi connectivity index (χ4n) is 1.76. The Balaban J connectivity index is 2.04. The van der Waals surface area contributed by atoms with Gasteiger partial charge < -0.3 is 5.32 Å². The highest BCUT2D eigenvalue weighted by atomic mass is 32.2. The Morgan fingerprint density at radius 1 is 1.32 bits per heavy atom. The van der Waals surface area contributed by atoms with Gasteiger partial charge in [0.25, 0.3) is 0 Å². The van der Waals surface area contributed by atoms with Crippen molar-refractivity contribution in [2.24, 2.45) is 0 Å². The lowest BCUT2D eigenvalue weighted by molar-refractivity contribution is 0.602. The number of hydrogen-bond donors (Lipinski definition) is 1. The number of aromatic nitrogens is 1. The normalized spacial score (nSPS) is 11.5. The van der Waals surface area contributed by atoms with Crippen LogP contribution < -0.4 is 5.32 Å². The Hall–Kier alpha value is -1.40. The van der Waals surface area contributed by atoms with Crippen LogP contribution in [-0.4, -0.2) is 26.2 Å². The minimum Gasteiger partial charge on any atom is -0.384 e. The summed E-state index contributed by atoms with van der Waals surface area (Å²) < 4.78 is 23.3. The van der Waals surface area contributed by atoms with Crippen molar-refractivity contribution in [1.82, 2.24) is 4.98 Å². The smallest absolute Gasteiger partial charge is 0.177 e. The third kappa shape index (κ3) is 3.78. The van der Waals surface area contributed by atoms with Crippen LogP contribution in [-0.2, 0) is 16.3 Å². The third-order valence-electron chi connectivity index (χ3n) is 2.61. The van der Waals surface area contributed by atoms with E-state index in [2.05, 4.69) is 10.3 Å². The van der Waals surface area contributed by atoms with Crippen molar-refractivity contribution >= 4 is 26.9 Å². The van der Waals surface area contributed by atoms with Gasteiger partial charge in [0.1, 0.15) is 0 Å². The average Bonchev–Trinajstić information content (AvgIpc) is 2.74. The summed E-state index contributed by atoms with van der Waals surface area (Å²) in [5.41, 5.74) is 1.68. The SMILES string of the molecule is Cc1csc(CCNc2ccccc2S(C)(=O)=O)n1. The Bertz CT molecular complexity index is 663. The lowest BCUT2D eigenvalue weighted by atomic mass is 10.3. The second-order valence-electron chi connectivity index (χ2n) is 4.33. The molecule has 2 rings (SSSR count). The first-order valence-corrected chi connectivity index (χ1v) is 8.68. The van der Waals surface area contributed by atoms with Crippen molar-refractivity contribution < 1.29 is 8.42 Å². The molecule has 0 saturated carbocycles. The first-order valence-electron chi connectivity index (χ1n) is 5.91. The van der Waals surface area contributed by atoms with Crippen molar-refractivity contribution in [3.05, 3.63) is 40.3 Å². The fraction of sp³-hybridized carbons (Fsp3) is 0.308. The van der Waals surface area contributed by atoms with Crippen LogP contribution in [0.2, 0.25) is 0 Å². The maximum Gasteiger partial charge on any atom is 0.177 e. The summed E-state index contributed by atoms with van der Waals surface area (Å²) in [4.78, 5) is 4.71. The van der Waals surface area contributed by atoms with Gasteiger partial charge in [-0.05, 0) is 19.1 Å². The number of rotatable bonds is 5. The van der Waals surface area contributed by atoms with E-state index >= 15 is 0 Å². The number of sulfone groups is 1. The van der Waals surface area contributed by atoms with Gasteiger partial charge in [0.05, 0.1) is 15.6 Å². The van der Waals surface area contributed by atoms with Gasteiger partial charge in [-0.25, -0.2) is 13.4 Å². The molecule has 102 valence electrons. The number of nitrogens with one attached hydrogen (secondary N) is 1. The molecule has 0 aliphatic rings. The van der Waals surface area contributed by atoms with E-state index in [9.17, 15) is 8.42 Å². The van der Waals surface area contributed by atoms with Gasteiger partial charge in [0, 0.05) is 30.3 Å². The molecule has 0 amide bonds. The van der Waals surface area contributed by atoms with Crippen LogP contribution in [0.25, 0.3) is 0 Å². The third-order valence-corrected chi connectivity index (χ3v) is 4.79. The predicted octanol–water partition coefficient (Wildman–Crippen LogP) is 2.51. The topological polar surface area (TPSA) is 59.1 Å². The molecular weight excluding hydrogens is 280 g/mol. The van der Waals surface area contributed by atoms with Crippen molar-refractivity contribution in [3.63, 3.8) is 0 Å². The molecule has 0 fully saturated rings. The maximum absolute atomic E-state index is 11.6. The first-order chi connectivity index (χ1) is 8.97. The van der Waals surface area contributed by atoms with E-state index in [-0.39, 0.29) is 0 Å². The number of hydrogen-bond acceptors (Lipinski definition) is 5. The Kier molecular flexibility index (Phi) is 4.21. The second kappa shape index (κ2) is 5.71. The molecule has 2 aromatic rings. The standard InChI is InChI=1S/C13H16N2O2S2/c1-10-9-18-13(15-10)7-8-14-11-5-3-4-6-12(11)19(2,16)17/h3-6,9,14H,7-8H2,1-2H3. The molecule has 0 spiro atoms. The fourth-order valence-corrected chi connectivity index (χ4v) is 3.40. The van der Waals surface area contributed by atoms with Crippen LogP contribution in [0.15, 0.2) is 34.5 Å². The highest BCUT2D eigenvalue weighted by Gasteiger charge is 2.11. The Labute approximate surface area is 117 Å². The van der Waals surface area contributed by atoms with E-state index in [0.29, 0.717) is 17.1 Å². The molecule has 6 heteroatoms. The number of anilines is 1. The molecule has 0 radical (unpaired) electrons. The maximum atomic E-state index is 11.6. The van der Waals surface area contributed by atoms with Crippen LogP contribution in [0.4, 0.5) is 5.69 Å². The minimum absolute atomic E-state index is 0.338. The number of aryl methyl sites for hydroxylation is 1. The molecule has 0 aliphatic heterocycles. The zero-order chi connectivity index (χ0) is 13.9. The van der Waals surface area contributed by atoms with E-state index in [1.807, 2.05) is 18.4 Å². The highest BCUT2D eigenvalue weighted by molar-refractivity contribution is 7.90. The summed E-state index contributed by atoms with van der Waals surface area (Å²) in [6.07, 6.45) is 2.01. The van der Waals surface area contributed by atoms with E-state index in [0.717, 1.165) is 17.1 Å². The van der Waals surface area contributed by atoms with Crippen LogP contribution in [0.1, 0.15) is 10.7 Å². The van der Waals surface area contributed by atoms with E-state index in [1.165, 1.54) is 6.26 Å². The summed E-state index contributed by atoms with van der Waals surface area (Å²) in [6.45, 7) is 2.63. The molecule has 1 aromatic carbocycles. The second-order valence-corrected chi connectivity index (χ2v) is 7.25. The van der Waals surface area contributed by atoms with Crippen molar-refractivity contribution in [1.29, 1.82) is 0 Å². The monoisotopic (exact) mass is 296 g/mol. The molecule has 19 heavy (non-hydrogen) atoms. The van der Waals surface area contributed by atoms with Crippen molar-refractivity contribution in [2.75, 3.05) is 18.1 Å². The van der Waals surface area contributed by atoms with Crippen LogP contribution in [0.5, 0.6) is 0 Å². The average molecular weight is 296 g/mol. The molecule has 0 unspecified atom stereocenters. The Morgan fingerprint density at radius 2 is 2.05 bits per heavy atom. The lowest BCUT2D eigenvalue weighted by Crippen LogP contribution is -2.09. The van der Waals surface area contributed by atoms with Crippen molar-refractivity contribution in [3.8, 4) is 0 Å². The van der Waals surface area contributed by atoms with E-state index in [1.54, 1.807) is 29.5 Å². The molecule has 1 aromatic heterocycles. The molecule has 1 N–H and O–H groups in total. The van der Waals surface area contributed by atoms with Gasteiger partial charge in [-0.15, -0.1) is 11.3 Å². The van der Waals surface area contributed by atoms with Gasteiger partial charge >= 0.3 is 0 Å². The van der Waals surface area contributed by atoms with Gasteiger partial charge in [-0.2, -0.15) is 0 Å². The predicted molar refractivity (Wildman–Crippen MR) is 78.6 cm³/mol. The number of nitrogens with zero attached hydrogens (tertiary/aromatic N) is 1. The van der Waals surface area contributed by atoms with Crippen LogP contribution in [0.3, 0.4) is 0 Å². The lowest BCUT2D eigenvalue weighted by Gasteiger charge is -2.09. The number of para-hydroxylation sites is 1. The zero-order valence-electron chi connectivity index (χ0n) is 10.9. The van der Waals surface area contributed by atoms with Gasteiger partial charge in [-0.3, -0.25) is 0 Å². The molecule has 0 aliphatic carbocycles. The summed E-state index contributed by atoms with van der Waals surface area (Å²) in [6, 6.07) is 6.95. The Morgan fingerprint density at radius 3 is 2.68 bits per heavy atom. The van der Waals surface area contributed by atoms with Crippen LogP contribution in [0, 0.1) is 6.92 Å². The van der Waals surface area contributed by atoms with E-state index < -0.39 is 9.84 Å². The molecule has 1 heterocycles. The highest BCUT2D eigenvalue weighted by Crippen LogP contribution is 2.20. The minimum atomic E-state index is -3.20. The molecule has 0 bridgehead atoms. The first kappa shape index (κ1) is 14.0. The summed E-state index contributed by atoms with van der Waals surface area (Å²) in [5.74, 6) is 0. The number of benzene rings is 1. The molecule has 0 saturated heterocycles. The van der Waals surface area contributed by atoms with Crippen LogP contribution >= 0.6 is 11.3 Å². The van der Waals surface area contributed by atoms with E-state index in [4.69, 9.17) is 0 Å². The quantitative estimate of drug-likeness (QED) is 0.921. The summed E-state index contributed by atoms with van der Waals surface area (Å²) in [5, 5.41) is 6.24. The summed E-state index contributed by atoms with van der Waals surface area (Å²) in [7, 11) is -3.20. The largest absolute Gasteiger partial charge is 0.384 e. The molecular formula is C13H16N2O2S2. The van der Waals surface area contributed by atoms with Gasteiger partial charge in [0.2, 0.25) is 0 Å². The van der Waals surface area contributed by atoms with Gasteiger partial charge in [0.15, 0.2) is 9.84 Å². The van der Waals surface area contributed by atoms with Gasteiger partial charge in [-0.1, -0.05) is 12.1 Å². The molecule has 4 nitrogen and oxygen atoms in total.